The van der Waals surface area contributed by atoms with Gasteiger partial charge in [0.05, 0.1) is 5.25 Å². The third-order valence-electron chi connectivity index (χ3n) is 2.41. The Kier molecular flexibility index (Phi) is 7.83. The van der Waals surface area contributed by atoms with Gasteiger partial charge >= 0.3 is 0 Å². The lowest BCUT2D eigenvalue weighted by molar-refractivity contribution is 0.457. The van der Waals surface area contributed by atoms with Gasteiger partial charge in [-0.25, -0.2) is 13.1 Å². The molecule has 15 heavy (non-hydrogen) atoms. The fraction of sp³-hybridized carbons (Fsp3) is 1.00. The summed E-state index contributed by atoms with van der Waals surface area (Å²) < 4.78 is 25.7. The first-order chi connectivity index (χ1) is 6.94. The number of alkyl halides is 1. The molecule has 0 aliphatic heterocycles. The van der Waals surface area contributed by atoms with Crippen molar-refractivity contribution in [1.29, 1.82) is 0 Å². The van der Waals surface area contributed by atoms with Crippen LogP contribution in [0.3, 0.4) is 0 Å². The highest BCUT2D eigenvalue weighted by atomic mass is 79.9. The zero-order valence-corrected chi connectivity index (χ0v) is 12.2. The van der Waals surface area contributed by atoms with Crippen LogP contribution < -0.4 is 4.72 Å². The first-order valence-corrected chi connectivity index (χ1v) is 8.15. The normalized spacial score (nSPS) is 14.5. The highest BCUT2D eigenvalue weighted by Gasteiger charge is 2.17. The lowest BCUT2D eigenvalue weighted by atomic mass is 10.0. The van der Waals surface area contributed by atoms with Crippen LogP contribution in [-0.4, -0.2) is 25.5 Å². The molecule has 0 spiro atoms. The van der Waals surface area contributed by atoms with E-state index in [2.05, 4.69) is 27.6 Å². The second-order valence-electron chi connectivity index (χ2n) is 4.07. The molecule has 0 saturated carbocycles. The van der Waals surface area contributed by atoms with E-state index >= 15 is 0 Å². The van der Waals surface area contributed by atoms with Crippen molar-refractivity contribution in [3.05, 3.63) is 0 Å². The predicted molar refractivity (Wildman–Crippen MR) is 68.9 cm³/mol. The third kappa shape index (κ3) is 6.53. The van der Waals surface area contributed by atoms with E-state index in [1.807, 2.05) is 0 Å². The summed E-state index contributed by atoms with van der Waals surface area (Å²) in [4.78, 5) is 0. The molecule has 1 N–H and O–H groups in total. The molecule has 0 fully saturated rings. The molecule has 1 atom stereocenters. The average Bonchev–Trinajstić information content (AvgIpc) is 2.15. The van der Waals surface area contributed by atoms with E-state index in [9.17, 15) is 8.42 Å². The van der Waals surface area contributed by atoms with E-state index in [0.717, 1.165) is 24.6 Å². The SMILES string of the molecule is CCCC(CCBr)CNS(=O)(=O)C(C)C. The van der Waals surface area contributed by atoms with E-state index < -0.39 is 10.0 Å². The first kappa shape index (κ1) is 15.4. The van der Waals surface area contributed by atoms with Gasteiger partial charge in [0.1, 0.15) is 0 Å². The molecule has 0 aliphatic carbocycles. The van der Waals surface area contributed by atoms with Gasteiger partial charge in [0, 0.05) is 11.9 Å². The molecule has 3 nitrogen and oxygen atoms in total. The summed E-state index contributed by atoms with van der Waals surface area (Å²) in [6.07, 6.45) is 3.20. The van der Waals surface area contributed by atoms with Crippen molar-refractivity contribution in [2.24, 2.45) is 5.92 Å². The molecule has 0 aromatic carbocycles. The van der Waals surface area contributed by atoms with Gasteiger partial charge in [0.25, 0.3) is 0 Å². The molecule has 0 radical (unpaired) electrons. The highest BCUT2D eigenvalue weighted by molar-refractivity contribution is 9.09. The maximum absolute atomic E-state index is 11.5. The molecule has 0 aromatic heterocycles. The van der Waals surface area contributed by atoms with Crippen LogP contribution in [0.15, 0.2) is 0 Å². The van der Waals surface area contributed by atoms with E-state index in [0.29, 0.717) is 12.5 Å². The molecule has 0 bridgehead atoms. The lowest BCUT2D eigenvalue weighted by Crippen LogP contribution is -2.34. The Morgan fingerprint density at radius 2 is 1.87 bits per heavy atom. The topological polar surface area (TPSA) is 46.2 Å². The molecule has 0 rings (SSSR count). The van der Waals surface area contributed by atoms with Crippen LogP contribution in [0, 0.1) is 5.92 Å². The minimum Gasteiger partial charge on any atom is -0.215 e. The number of sulfonamides is 1. The van der Waals surface area contributed by atoms with E-state index in [1.54, 1.807) is 13.8 Å². The van der Waals surface area contributed by atoms with Crippen LogP contribution in [0.1, 0.15) is 40.0 Å². The van der Waals surface area contributed by atoms with Gasteiger partial charge in [0.2, 0.25) is 10.0 Å². The van der Waals surface area contributed by atoms with E-state index in [4.69, 9.17) is 0 Å². The molecule has 92 valence electrons. The average molecular weight is 300 g/mol. The number of halogens is 1. The van der Waals surface area contributed by atoms with Crippen molar-refractivity contribution in [1.82, 2.24) is 4.72 Å². The Morgan fingerprint density at radius 1 is 1.27 bits per heavy atom. The summed E-state index contributed by atoms with van der Waals surface area (Å²) >= 11 is 3.39. The predicted octanol–water partition coefficient (Wildman–Crippen LogP) is 2.52. The van der Waals surface area contributed by atoms with Gasteiger partial charge in [-0.1, -0.05) is 29.3 Å². The molecule has 0 saturated heterocycles. The minimum atomic E-state index is -3.10. The van der Waals surface area contributed by atoms with Gasteiger partial charge in [-0.3, -0.25) is 0 Å². The highest BCUT2D eigenvalue weighted by Crippen LogP contribution is 2.12. The Hall–Kier alpha value is 0.390. The molecular weight excluding hydrogens is 278 g/mol. The van der Waals surface area contributed by atoms with Crippen molar-refractivity contribution >= 4 is 26.0 Å². The van der Waals surface area contributed by atoms with Crippen molar-refractivity contribution in [3.63, 3.8) is 0 Å². The van der Waals surface area contributed by atoms with E-state index in [-0.39, 0.29) is 5.25 Å². The Labute approximate surface area is 102 Å². The molecule has 0 aromatic rings. The number of nitrogens with one attached hydrogen (secondary N) is 1. The van der Waals surface area contributed by atoms with Crippen LogP contribution >= 0.6 is 15.9 Å². The van der Waals surface area contributed by atoms with Crippen molar-refractivity contribution in [2.75, 3.05) is 11.9 Å². The van der Waals surface area contributed by atoms with Crippen LogP contribution in [0.25, 0.3) is 0 Å². The fourth-order valence-corrected chi connectivity index (χ4v) is 2.76. The second kappa shape index (κ2) is 7.63. The maximum atomic E-state index is 11.5. The van der Waals surface area contributed by atoms with Gasteiger partial charge in [-0.2, -0.15) is 0 Å². The summed E-state index contributed by atoms with van der Waals surface area (Å²) in [5.41, 5.74) is 0. The number of hydrogen-bond acceptors (Lipinski definition) is 2. The van der Waals surface area contributed by atoms with Crippen molar-refractivity contribution in [2.45, 2.75) is 45.3 Å². The quantitative estimate of drug-likeness (QED) is 0.700. The Morgan fingerprint density at radius 3 is 2.27 bits per heavy atom. The van der Waals surface area contributed by atoms with Crippen molar-refractivity contribution < 1.29 is 8.42 Å². The second-order valence-corrected chi connectivity index (χ2v) is 7.19. The van der Waals surface area contributed by atoms with Gasteiger partial charge in [-0.05, 0) is 32.6 Å². The zero-order valence-electron chi connectivity index (χ0n) is 9.79. The minimum absolute atomic E-state index is 0.344. The van der Waals surface area contributed by atoms with Crippen molar-refractivity contribution in [3.8, 4) is 0 Å². The molecule has 0 heterocycles. The van der Waals surface area contributed by atoms with Gasteiger partial charge in [0.15, 0.2) is 0 Å². The summed E-state index contributed by atoms with van der Waals surface area (Å²) in [7, 11) is -3.10. The monoisotopic (exact) mass is 299 g/mol. The van der Waals surface area contributed by atoms with Crippen LogP contribution in [0.5, 0.6) is 0 Å². The summed E-state index contributed by atoms with van der Waals surface area (Å²) in [6, 6.07) is 0. The Bertz CT molecular complexity index is 246. The Balaban J connectivity index is 4.09. The standard InChI is InChI=1S/C10H22BrNO2S/c1-4-5-10(6-7-11)8-12-15(13,14)9(2)3/h9-10,12H,4-8H2,1-3H3. The van der Waals surface area contributed by atoms with Crippen LogP contribution in [-0.2, 0) is 10.0 Å². The smallest absolute Gasteiger partial charge is 0.213 e. The lowest BCUT2D eigenvalue weighted by Gasteiger charge is -2.16. The van der Waals surface area contributed by atoms with Gasteiger partial charge in [-0.15, -0.1) is 0 Å². The molecular formula is C10H22BrNO2S. The number of hydrogen-bond donors (Lipinski definition) is 1. The third-order valence-corrected chi connectivity index (χ3v) is 4.68. The summed E-state index contributed by atoms with van der Waals surface area (Å²) in [6.45, 7) is 6.08. The van der Waals surface area contributed by atoms with Gasteiger partial charge < -0.3 is 0 Å². The molecule has 0 aliphatic rings. The molecule has 1 unspecified atom stereocenters. The first-order valence-electron chi connectivity index (χ1n) is 5.48. The maximum Gasteiger partial charge on any atom is 0.213 e. The van der Waals surface area contributed by atoms with E-state index in [1.165, 1.54) is 0 Å². The summed E-state index contributed by atoms with van der Waals surface area (Å²) in [5.74, 6) is 0.447. The number of rotatable bonds is 8. The fourth-order valence-electron chi connectivity index (χ4n) is 1.31. The molecule has 0 amide bonds. The van der Waals surface area contributed by atoms with Crippen LogP contribution in [0.4, 0.5) is 0 Å². The zero-order chi connectivity index (χ0) is 11.9. The largest absolute Gasteiger partial charge is 0.215 e. The molecule has 5 heteroatoms. The van der Waals surface area contributed by atoms with Crippen LogP contribution in [0.2, 0.25) is 0 Å². The summed E-state index contributed by atoms with van der Waals surface area (Å²) in [5, 5.41) is 0.588.